The Kier molecular flexibility index (Phi) is 6.59. The summed E-state index contributed by atoms with van der Waals surface area (Å²) in [5.41, 5.74) is 4.67. The summed E-state index contributed by atoms with van der Waals surface area (Å²) in [7, 11) is 1.71. The molecule has 0 saturated carbocycles. The fourth-order valence-electron chi connectivity index (χ4n) is 3.89. The van der Waals surface area contributed by atoms with E-state index in [0.717, 1.165) is 74.3 Å². The number of hydrogen-bond donors (Lipinski definition) is 0. The number of aromatic nitrogens is 2. The molecule has 1 saturated heterocycles. The molecule has 2 aromatic rings. The summed E-state index contributed by atoms with van der Waals surface area (Å²) in [5, 5.41) is 0. The first-order chi connectivity index (χ1) is 14.3. The Morgan fingerprint density at radius 3 is 2.83 bits per heavy atom. The second-order valence-electron chi connectivity index (χ2n) is 7.49. The molecule has 3 heterocycles. The van der Waals surface area contributed by atoms with E-state index in [1.807, 2.05) is 19.2 Å². The van der Waals surface area contributed by atoms with Gasteiger partial charge in [0, 0.05) is 63.1 Å². The van der Waals surface area contributed by atoms with Gasteiger partial charge in [-0.3, -0.25) is 4.90 Å². The molecule has 0 unspecified atom stereocenters. The van der Waals surface area contributed by atoms with E-state index in [4.69, 9.17) is 19.2 Å². The van der Waals surface area contributed by atoms with Gasteiger partial charge in [-0.1, -0.05) is 6.07 Å². The van der Waals surface area contributed by atoms with Crippen LogP contribution in [0.15, 0.2) is 24.4 Å². The molecule has 4 rings (SSSR count). The lowest BCUT2D eigenvalue weighted by Crippen LogP contribution is -2.46. The Bertz CT molecular complexity index is 822. The van der Waals surface area contributed by atoms with Crippen molar-refractivity contribution in [3.63, 3.8) is 0 Å². The van der Waals surface area contributed by atoms with Gasteiger partial charge in [-0.25, -0.2) is 9.97 Å². The van der Waals surface area contributed by atoms with Crippen LogP contribution in [0.2, 0.25) is 0 Å². The number of rotatable bonds is 7. The molecule has 0 aliphatic carbocycles. The number of nitrogens with zero attached hydrogens (tertiary/aromatic N) is 4. The summed E-state index contributed by atoms with van der Waals surface area (Å²) >= 11 is 0. The number of anilines is 1. The van der Waals surface area contributed by atoms with Gasteiger partial charge < -0.3 is 19.1 Å². The lowest BCUT2D eigenvalue weighted by atomic mass is 10.1. The average molecular weight is 399 g/mol. The van der Waals surface area contributed by atoms with Gasteiger partial charge in [0.15, 0.2) is 0 Å². The van der Waals surface area contributed by atoms with Crippen LogP contribution in [0, 0.1) is 0 Å². The third-order valence-corrected chi connectivity index (χ3v) is 5.55. The quantitative estimate of drug-likeness (QED) is 0.710. The van der Waals surface area contributed by atoms with Crippen LogP contribution in [-0.2, 0) is 35.7 Å². The molecule has 2 aliphatic rings. The molecule has 1 fully saturated rings. The van der Waals surface area contributed by atoms with E-state index in [1.54, 1.807) is 7.11 Å². The molecule has 2 aliphatic heterocycles. The number of fused-ring (bicyclic) bond motifs is 1. The van der Waals surface area contributed by atoms with Gasteiger partial charge >= 0.3 is 0 Å². The highest BCUT2D eigenvalue weighted by atomic mass is 16.5. The number of methoxy groups -OCH3 is 1. The number of benzene rings is 1. The molecule has 29 heavy (non-hydrogen) atoms. The van der Waals surface area contributed by atoms with Gasteiger partial charge in [-0.2, -0.15) is 0 Å². The van der Waals surface area contributed by atoms with Crippen molar-refractivity contribution in [2.75, 3.05) is 51.4 Å². The van der Waals surface area contributed by atoms with Crippen LogP contribution in [0.5, 0.6) is 5.75 Å². The first-order valence-corrected chi connectivity index (χ1v) is 10.4. The predicted octanol–water partition coefficient (Wildman–Crippen LogP) is 2.42. The third kappa shape index (κ3) is 4.86. The molecule has 0 N–H and O–H groups in total. The van der Waals surface area contributed by atoms with Crippen LogP contribution in [0.4, 0.5) is 5.95 Å². The smallest absolute Gasteiger partial charge is 0.225 e. The summed E-state index contributed by atoms with van der Waals surface area (Å²) in [6.45, 7) is 9.49. The summed E-state index contributed by atoms with van der Waals surface area (Å²) in [6.07, 6.45) is 2.81. The highest BCUT2D eigenvalue weighted by Crippen LogP contribution is 2.23. The van der Waals surface area contributed by atoms with Crippen LogP contribution in [-0.4, -0.2) is 61.4 Å². The molecule has 0 amide bonds. The van der Waals surface area contributed by atoms with E-state index in [0.29, 0.717) is 19.8 Å². The normalized spacial score (nSPS) is 17.2. The standard InChI is InChI=1S/C22H30N4O3/c1-3-28-15-18-12-17(4-5-21(18)27-2)14-25-7-9-26(10-8-25)22-23-13-19-16-29-11-6-20(19)24-22/h4-5,12-13H,3,6-11,14-16H2,1-2H3. The molecule has 7 nitrogen and oxygen atoms in total. The highest BCUT2D eigenvalue weighted by Gasteiger charge is 2.21. The Morgan fingerprint density at radius 1 is 1.17 bits per heavy atom. The predicted molar refractivity (Wildman–Crippen MR) is 111 cm³/mol. The van der Waals surface area contributed by atoms with Gasteiger partial charge in [-0.15, -0.1) is 0 Å². The van der Waals surface area contributed by atoms with Crippen molar-refractivity contribution in [1.29, 1.82) is 0 Å². The van der Waals surface area contributed by atoms with E-state index in [1.165, 1.54) is 5.56 Å². The second kappa shape index (κ2) is 9.52. The fourth-order valence-corrected chi connectivity index (χ4v) is 3.89. The monoisotopic (exact) mass is 398 g/mol. The summed E-state index contributed by atoms with van der Waals surface area (Å²) in [5.74, 6) is 1.75. The summed E-state index contributed by atoms with van der Waals surface area (Å²) in [6, 6.07) is 6.40. The molecule has 7 heteroatoms. The van der Waals surface area contributed by atoms with Crippen molar-refractivity contribution < 1.29 is 14.2 Å². The Labute approximate surface area is 172 Å². The largest absolute Gasteiger partial charge is 0.496 e. The number of ether oxygens (including phenoxy) is 3. The molecule has 0 bridgehead atoms. The van der Waals surface area contributed by atoms with Gasteiger partial charge in [0.25, 0.3) is 0 Å². The zero-order chi connectivity index (χ0) is 20.1. The highest BCUT2D eigenvalue weighted by molar-refractivity contribution is 5.37. The van der Waals surface area contributed by atoms with E-state index >= 15 is 0 Å². The van der Waals surface area contributed by atoms with Gasteiger partial charge in [0.2, 0.25) is 5.95 Å². The maximum atomic E-state index is 5.59. The van der Waals surface area contributed by atoms with Crippen LogP contribution in [0.25, 0.3) is 0 Å². The lowest BCUT2D eigenvalue weighted by molar-refractivity contribution is 0.109. The molecular formula is C22H30N4O3. The van der Waals surface area contributed by atoms with Crippen LogP contribution >= 0.6 is 0 Å². The second-order valence-corrected chi connectivity index (χ2v) is 7.49. The zero-order valence-corrected chi connectivity index (χ0v) is 17.4. The van der Waals surface area contributed by atoms with Gasteiger partial charge in [0.1, 0.15) is 5.75 Å². The molecule has 0 radical (unpaired) electrons. The minimum atomic E-state index is 0.585. The SMILES string of the molecule is CCOCc1cc(CN2CCN(c3ncc4c(n3)CCOC4)CC2)ccc1OC. The van der Waals surface area contributed by atoms with Crippen LogP contribution in [0.3, 0.4) is 0 Å². The Morgan fingerprint density at radius 2 is 2.03 bits per heavy atom. The zero-order valence-electron chi connectivity index (χ0n) is 17.4. The first kappa shape index (κ1) is 20.1. The summed E-state index contributed by atoms with van der Waals surface area (Å²) in [4.78, 5) is 14.1. The minimum absolute atomic E-state index is 0.585. The van der Waals surface area contributed by atoms with Gasteiger partial charge in [0.05, 0.1) is 32.6 Å². The van der Waals surface area contributed by atoms with E-state index in [2.05, 4.69) is 26.9 Å². The number of hydrogen-bond acceptors (Lipinski definition) is 7. The van der Waals surface area contributed by atoms with Gasteiger partial charge in [-0.05, 0) is 24.6 Å². The Hall–Kier alpha value is -2.22. The third-order valence-electron chi connectivity index (χ3n) is 5.55. The fraction of sp³-hybridized carbons (Fsp3) is 0.545. The lowest BCUT2D eigenvalue weighted by Gasteiger charge is -2.35. The van der Waals surface area contributed by atoms with Crippen molar-refractivity contribution in [2.45, 2.75) is 33.1 Å². The maximum absolute atomic E-state index is 5.59. The van der Waals surface area contributed by atoms with Crippen molar-refractivity contribution in [1.82, 2.24) is 14.9 Å². The molecular weight excluding hydrogens is 368 g/mol. The Balaban J connectivity index is 1.35. The van der Waals surface area contributed by atoms with E-state index in [-0.39, 0.29) is 0 Å². The van der Waals surface area contributed by atoms with E-state index < -0.39 is 0 Å². The van der Waals surface area contributed by atoms with Crippen molar-refractivity contribution in [3.05, 3.63) is 46.8 Å². The van der Waals surface area contributed by atoms with Crippen molar-refractivity contribution >= 4 is 5.95 Å². The van der Waals surface area contributed by atoms with Crippen molar-refractivity contribution in [2.24, 2.45) is 0 Å². The molecule has 1 aromatic heterocycles. The average Bonchev–Trinajstić information content (AvgIpc) is 2.78. The molecule has 1 aromatic carbocycles. The van der Waals surface area contributed by atoms with Crippen LogP contribution in [0.1, 0.15) is 29.3 Å². The van der Waals surface area contributed by atoms with Crippen LogP contribution < -0.4 is 9.64 Å². The molecule has 0 spiro atoms. The molecule has 156 valence electrons. The van der Waals surface area contributed by atoms with E-state index in [9.17, 15) is 0 Å². The summed E-state index contributed by atoms with van der Waals surface area (Å²) < 4.78 is 16.5. The minimum Gasteiger partial charge on any atom is -0.496 e. The first-order valence-electron chi connectivity index (χ1n) is 10.4. The number of piperazine rings is 1. The topological polar surface area (TPSA) is 60.0 Å². The van der Waals surface area contributed by atoms with Crippen molar-refractivity contribution in [3.8, 4) is 5.75 Å². The molecule has 0 atom stereocenters. The maximum Gasteiger partial charge on any atom is 0.225 e.